The lowest BCUT2D eigenvalue weighted by molar-refractivity contribution is -0.304. The Hall–Kier alpha value is -3.27. The molecule has 0 fully saturated rings. The lowest BCUT2D eigenvalue weighted by atomic mass is 9.80. The molecule has 0 aliphatic rings. The van der Waals surface area contributed by atoms with Crippen molar-refractivity contribution >= 4 is 17.3 Å². The molecule has 0 N–H and O–H groups in total. The summed E-state index contributed by atoms with van der Waals surface area (Å²) in [6.45, 7) is 17.0. The van der Waals surface area contributed by atoms with Crippen molar-refractivity contribution < 1.29 is 9.90 Å². The van der Waals surface area contributed by atoms with Crippen molar-refractivity contribution in [3.63, 3.8) is 0 Å². The van der Waals surface area contributed by atoms with E-state index in [1.54, 1.807) is 0 Å². The van der Waals surface area contributed by atoms with Crippen molar-refractivity contribution in [1.82, 2.24) is 0 Å². The first-order valence-corrected chi connectivity index (χ1v) is 12.8. The molecule has 0 saturated heterocycles. The van der Waals surface area contributed by atoms with Gasteiger partial charge in [-0.2, -0.15) is 0 Å². The lowest BCUT2D eigenvalue weighted by Crippen LogP contribution is -2.24. The SMILES string of the molecule is CCN(CC)c1ccc(C(c2ccc(CC(=O)[O-])cc2)c2ccc(N(CC)CC)cc2C)c(C)c1. The molecule has 3 rings (SSSR count). The fourth-order valence-electron chi connectivity index (χ4n) is 5.06. The third-order valence-corrected chi connectivity index (χ3v) is 7.05. The second kappa shape index (κ2) is 11.9. The van der Waals surface area contributed by atoms with Crippen LogP contribution in [0, 0.1) is 13.8 Å². The zero-order valence-electron chi connectivity index (χ0n) is 22.1. The van der Waals surface area contributed by atoms with E-state index in [-0.39, 0.29) is 12.3 Å². The van der Waals surface area contributed by atoms with Gasteiger partial charge in [-0.1, -0.05) is 36.4 Å². The monoisotopic (exact) mass is 471 g/mol. The van der Waals surface area contributed by atoms with Crippen molar-refractivity contribution in [1.29, 1.82) is 0 Å². The van der Waals surface area contributed by atoms with E-state index in [1.807, 2.05) is 12.1 Å². The van der Waals surface area contributed by atoms with Crippen molar-refractivity contribution in [2.45, 2.75) is 53.9 Å². The topological polar surface area (TPSA) is 46.6 Å². The van der Waals surface area contributed by atoms with Crippen LogP contribution in [0.15, 0.2) is 60.7 Å². The van der Waals surface area contributed by atoms with E-state index in [1.165, 1.54) is 33.6 Å². The fraction of sp³-hybridized carbons (Fsp3) is 0.387. The summed E-state index contributed by atoms with van der Waals surface area (Å²) >= 11 is 0. The van der Waals surface area contributed by atoms with Gasteiger partial charge in [0.25, 0.3) is 0 Å². The van der Waals surface area contributed by atoms with Gasteiger partial charge >= 0.3 is 0 Å². The number of benzene rings is 3. The normalized spacial score (nSPS) is 11.1. The maximum absolute atomic E-state index is 11.1. The summed E-state index contributed by atoms with van der Waals surface area (Å²) in [5, 5.41) is 11.1. The summed E-state index contributed by atoms with van der Waals surface area (Å²) in [5.74, 6) is -0.997. The molecule has 0 saturated carbocycles. The van der Waals surface area contributed by atoms with E-state index in [4.69, 9.17) is 0 Å². The van der Waals surface area contributed by atoms with Crippen LogP contribution >= 0.6 is 0 Å². The van der Waals surface area contributed by atoms with Gasteiger partial charge in [0.05, 0.1) is 0 Å². The number of aryl methyl sites for hydroxylation is 2. The second-order valence-corrected chi connectivity index (χ2v) is 9.15. The van der Waals surface area contributed by atoms with Gasteiger partial charge in [-0.25, -0.2) is 0 Å². The average molecular weight is 472 g/mol. The Morgan fingerprint density at radius 1 is 0.714 bits per heavy atom. The standard InChI is InChI=1S/C31H40N2O2/c1-7-32(8-2)26-15-17-28(22(5)19-26)31(25-13-11-24(12-14-25)21-30(34)35)29-18-16-27(20-23(29)6)33(9-3)10-4/h11-20,31H,7-10,21H2,1-6H3,(H,34,35)/p-1. The number of hydrogen-bond donors (Lipinski definition) is 0. The molecule has 0 heterocycles. The van der Waals surface area contributed by atoms with Crippen LogP contribution in [0.1, 0.15) is 67.0 Å². The highest BCUT2D eigenvalue weighted by molar-refractivity contribution is 5.68. The molecule has 186 valence electrons. The number of anilines is 2. The molecule has 0 radical (unpaired) electrons. The highest BCUT2D eigenvalue weighted by atomic mass is 16.4. The summed E-state index contributed by atoms with van der Waals surface area (Å²) in [5.41, 5.74) is 9.45. The van der Waals surface area contributed by atoms with E-state index in [0.717, 1.165) is 37.3 Å². The van der Waals surface area contributed by atoms with Gasteiger partial charge in [0.1, 0.15) is 0 Å². The fourth-order valence-corrected chi connectivity index (χ4v) is 5.06. The molecule has 4 nitrogen and oxygen atoms in total. The first kappa shape index (κ1) is 26.3. The molecule has 0 aliphatic heterocycles. The quantitative estimate of drug-likeness (QED) is 0.348. The Labute approximate surface area is 211 Å². The Kier molecular flexibility index (Phi) is 8.97. The van der Waals surface area contributed by atoms with Crippen molar-refractivity contribution in [2.75, 3.05) is 36.0 Å². The lowest BCUT2D eigenvalue weighted by Gasteiger charge is -2.27. The predicted molar refractivity (Wildman–Crippen MR) is 146 cm³/mol. The Morgan fingerprint density at radius 3 is 1.49 bits per heavy atom. The summed E-state index contributed by atoms with van der Waals surface area (Å²) in [6, 6.07) is 21.5. The summed E-state index contributed by atoms with van der Waals surface area (Å²) in [4.78, 5) is 15.8. The third kappa shape index (κ3) is 6.05. The van der Waals surface area contributed by atoms with Crippen LogP contribution in [0.3, 0.4) is 0 Å². The molecule has 0 bridgehead atoms. The van der Waals surface area contributed by atoms with Crippen LogP contribution in [0.2, 0.25) is 0 Å². The number of aliphatic carboxylic acids is 1. The van der Waals surface area contributed by atoms with Gasteiger partial charge in [0.2, 0.25) is 0 Å². The third-order valence-electron chi connectivity index (χ3n) is 7.05. The van der Waals surface area contributed by atoms with Crippen LogP contribution in [0.25, 0.3) is 0 Å². The highest BCUT2D eigenvalue weighted by Gasteiger charge is 2.22. The first-order chi connectivity index (χ1) is 16.8. The first-order valence-electron chi connectivity index (χ1n) is 12.8. The summed E-state index contributed by atoms with van der Waals surface area (Å²) in [6.07, 6.45) is -0.0693. The molecule has 3 aromatic rings. The van der Waals surface area contributed by atoms with Crippen LogP contribution in [-0.2, 0) is 11.2 Å². The molecular formula is C31H39N2O2-. The average Bonchev–Trinajstić information content (AvgIpc) is 2.84. The van der Waals surface area contributed by atoms with E-state index in [9.17, 15) is 9.90 Å². The molecule has 0 atom stereocenters. The van der Waals surface area contributed by atoms with Crippen molar-refractivity contribution in [2.24, 2.45) is 0 Å². The number of carbonyl (C=O) groups is 1. The zero-order valence-corrected chi connectivity index (χ0v) is 22.1. The van der Waals surface area contributed by atoms with E-state index >= 15 is 0 Å². The smallest absolute Gasteiger partial charge is 0.0458 e. The van der Waals surface area contributed by atoms with Crippen LogP contribution in [0.5, 0.6) is 0 Å². The molecule has 3 aromatic carbocycles. The molecule has 4 heteroatoms. The molecular weight excluding hydrogens is 432 g/mol. The number of carboxylic acids is 1. The Bertz CT molecular complexity index is 1070. The van der Waals surface area contributed by atoms with E-state index in [0.29, 0.717) is 0 Å². The largest absolute Gasteiger partial charge is 0.550 e. The maximum atomic E-state index is 11.1. The number of hydrogen-bond acceptors (Lipinski definition) is 4. The second-order valence-electron chi connectivity index (χ2n) is 9.15. The minimum Gasteiger partial charge on any atom is -0.550 e. The number of nitrogens with zero attached hydrogens (tertiary/aromatic N) is 2. The van der Waals surface area contributed by atoms with Crippen LogP contribution in [-0.4, -0.2) is 32.1 Å². The molecule has 35 heavy (non-hydrogen) atoms. The van der Waals surface area contributed by atoms with Gasteiger partial charge in [-0.05, 0) is 99.2 Å². The molecule has 0 spiro atoms. The van der Waals surface area contributed by atoms with Gasteiger partial charge in [0, 0.05) is 55.9 Å². The summed E-state index contributed by atoms with van der Waals surface area (Å²) < 4.78 is 0. The Morgan fingerprint density at radius 2 is 1.14 bits per heavy atom. The summed E-state index contributed by atoms with van der Waals surface area (Å²) in [7, 11) is 0. The zero-order chi connectivity index (χ0) is 25.5. The molecule has 0 aliphatic carbocycles. The number of carboxylic acid groups (broad SMARTS) is 1. The van der Waals surface area contributed by atoms with E-state index < -0.39 is 5.97 Å². The number of rotatable bonds is 11. The molecule has 0 aromatic heterocycles. The van der Waals surface area contributed by atoms with Crippen LogP contribution in [0.4, 0.5) is 11.4 Å². The maximum Gasteiger partial charge on any atom is 0.0458 e. The van der Waals surface area contributed by atoms with Crippen LogP contribution < -0.4 is 14.9 Å². The van der Waals surface area contributed by atoms with E-state index in [2.05, 4.69) is 99.9 Å². The van der Waals surface area contributed by atoms with Gasteiger partial charge in [-0.15, -0.1) is 0 Å². The Balaban J connectivity index is 2.13. The van der Waals surface area contributed by atoms with Crippen molar-refractivity contribution in [3.05, 3.63) is 94.0 Å². The minimum atomic E-state index is -1.06. The highest BCUT2D eigenvalue weighted by Crippen LogP contribution is 2.38. The van der Waals surface area contributed by atoms with Gasteiger partial charge in [0.15, 0.2) is 0 Å². The predicted octanol–water partition coefficient (Wildman–Crippen LogP) is 5.47. The van der Waals surface area contributed by atoms with Gasteiger partial charge < -0.3 is 19.7 Å². The molecule has 0 amide bonds. The van der Waals surface area contributed by atoms with Gasteiger partial charge in [-0.3, -0.25) is 0 Å². The molecule has 0 unspecified atom stereocenters. The minimum absolute atomic E-state index is 0.0588. The number of carbonyl (C=O) groups excluding carboxylic acids is 1. The van der Waals surface area contributed by atoms with Crippen molar-refractivity contribution in [3.8, 4) is 0 Å².